The van der Waals surface area contributed by atoms with Gasteiger partial charge in [-0.25, -0.2) is 9.97 Å². The van der Waals surface area contributed by atoms with E-state index >= 15 is 0 Å². The Morgan fingerprint density at radius 2 is 2.00 bits per heavy atom. The minimum absolute atomic E-state index is 0.156. The van der Waals surface area contributed by atoms with Gasteiger partial charge >= 0.3 is 0 Å². The van der Waals surface area contributed by atoms with Crippen molar-refractivity contribution >= 4 is 5.82 Å². The van der Waals surface area contributed by atoms with Gasteiger partial charge in [0, 0.05) is 36.6 Å². The van der Waals surface area contributed by atoms with Gasteiger partial charge in [-0.05, 0) is 50.3 Å². The largest absolute Gasteiger partial charge is 0.393 e. The van der Waals surface area contributed by atoms with Crippen LogP contribution in [-0.4, -0.2) is 32.7 Å². The fourth-order valence-corrected chi connectivity index (χ4v) is 2.78. The number of nitrogens with zero attached hydrogens (tertiary/aromatic N) is 3. The van der Waals surface area contributed by atoms with Crippen molar-refractivity contribution in [1.82, 2.24) is 15.0 Å². The third-order valence-corrected chi connectivity index (χ3v) is 4.09. The summed E-state index contributed by atoms with van der Waals surface area (Å²) in [5, 5.41) is 12.8. The molecular weight excluding hydrogens is 276 g/mol. The first-order chi connectivity index (χ1) is 10.7. The van der Waals surface area contributed by atoms with Crippen LogP contribution in [0, 0.1) is 6.92 Å². The summed E-state index contributed by atoms with van der Waals surface area (Å²) in [4.78, 5) is 13.0. The van der Waals surface area contributed by atoms with E-state index in [2.05, 4.69) is 32.4 Å². The van der Waals surface area contributed by atoms with E-state index in [1.54, 1.807) is 0 Å². The second kappa shape index (κ2) is 6.83. The van der Waals surface area contributed by atoms with E-state index in [9.17, 15) is 5.11 Å². The molecule has 0 amide bonds. The molecule has 3 rings (SSSR count). The molecule has 0 atom stereocenters. The number of aromatic nitrogens is 3. The van der Waals surface area contributed by atoms with Gasteiger partial charge in [0.15, 0.2) is 0 Å². The quantitative estimate of drug-likeness (QED) is 0.802. The molecule has 1 aliphatic rings. The van der Waals surface area contributed by atoms with Gasteiger partial charge in [-0.1, -0.05) is 0 Å². The Hall–Kier alpha value is -2.01. The van der Waals surface area contributed by atoms with Crippen LogP contribution in [0.4, 0.5) is 5.82 Å². The molecule has 0 aromatic carbocycles. The Labute approximate surface area is 130 Å². The average Bonchev–Trinajstić information content (AvgIpc) is 2.49. The minimum atomic E-state index is -0.156. The number of rotatable bonds is 6. The van der Waals surface area contributed by atoms with Crippen molar-refractivity contribution in [1.29, 1.82) is 0 Å². The smallest absolute Gasteiger partial charge is 0.129 e. The van der Waals surface area contributed by atoms with Crippen LogP contribution in [0.1, 0.15) is 42.3 Å². The second-order valence-electron chi connectivity index (χ2n) is 5.93. The predicted molar refractivity (Wildman–Crippen MR) is 85.8 cm³/mol. The van der Waals surface area contributed by atoms with E-state index < -0.39 is 0 Å². The standard InChI is InChI=1S/C17H22N4O/c1-12-20-16(14-9-15(22)10-14)11-17(21-12)19-6-2-3-13-4-7-18-8-5-13/h4-5,7-8,11,14-15,22H,2-3,6,9-10H2,1H3,(H,19,20,21). The zero-order valence-electron chi connectivity index (χ0n) is 12.9. The minimum Gasteiger partial charge on any atom is -0.393 e. The Morgan fingerprint density at radius 3 is 2.73 bits per heavy atom. The van der Waals surface area contributed by atoms with E-state index in [4.69, 9.17) is 0 Å². The zero-order valence-corrected chi connectivity index (χ0v) is 12.9. The number of aliphatic hydroxyl groups excluding tert-OH is 1. The van der Waals surface area contributed by atoms with Gasteiger partial charge in [0.05, 0.1) is 6.10 Å². The SMILES string of the molecule is Cc1nc(NCCCc2ccncc2)cc(C2CC(O)C2)n1. The van der Waals surface area contributed by atoms with Crippen molar-refractivity contribution in [2.75, 3.05) is 11.9 Å². The third kappa shape index (κ3) is 3.80. The molecule has 0 radical (unpaired) electrons. The number of aryl methyl sites for hydroxylation is 2. The van der Waals surface area contributed by atoms with E-state index in [1.807, 2.05) is 25.4 Å². The lowest BCUT2D eigenvalue weighted by atomic mass is 9.80. The van der Waals surface area contributed by atoms with Crippen LogP contribution in [0.2, 0.25) is 0 Å². The molecule has 0 spiro atoms. The number of nitrogens with one attached hydrogen (secondary N) is 1. The lowest BCUT2D eigenvalue weighted by Gasteiger charge is -2.31. The average molecular weight is 298 g/mol. The summed E-state index contributed by atoms with van der Waals surface area (Å²) in [5.41, 5.74) is 2.36. The van der Waals surface area contributed by atoms with Crippen molar-refractivity contribution < 1.29 is 5.11 Å². The molecule has 2 heterocycles. The molecule has 0 bridgehead atoms. The molecule has 22 heavy (non-hydrogen) atoms. The fraction of sp³-hybridized carbons (Fsp3) is 0.471. The molecule has 1 aliphatic carbocycles. The molecule has 5 nitrogen and oxygen atoms in total. The summed E-state index contributed by atoms with van der Waals surface area (Å²) < 4.78 is 0. The van der Waals surface area contributed by atoms with Crippen molar-refractivity contribution in [3.63, 3.8) is 0 Å². The summed E-state index contributed by atoms with van der Waals surface area (Å²) in [6.07, 6.45) is 7.21. The van der Waals surface area contributed by atoms with Gasteiger partial charge < -0.3 is 10.4 Å². The maximum atomic E-state index is 9.44. The van der Waals surface area contributed by atoms with Crippen LogP contribution in [0.5, 0.6) is 0 Å². The first-order valence-corrected chi connectivity index (χ1v) is 7.87. The highest BCUT2D eigenvalue weighted by molar-refractivity contribution is 5.37. The number of hydrogen-bond acceptors (Lipinski definition) is 5. The maximum absolute atomic E-state index is 9.44. The lowest BCUT2D eigenvalue weighted by Crippen LogP contribution is -2.27. The third-order valence-electron chi connectivity index (χ3n) is 4.09. The second-order valence-corrected chi connectivity index (χ2v) is 5.93. The van der Waals surface area contributed by atoms with Gasteiger partial charge in [0.25, 0.3) is 0 Å². The molecule has 0 saturated heterocycles. The van der Waals surface area contributed by atoms with Crippen molar-refractivity contribution in [2.45, 2.75) is 44.6 Å². The molecule has 0 unspecified atom stereocenters. The molecule has 1 fully saturated rings. The first-order valence-electron chi connectivity index (χ1n) is 7.87. The Balaban J connectivity index is 1.52. The molecule has 2 N–H and O–H groups in total. The van der Waals surface area contributed by atoms with Gasteiger partial charge in [-0.2, -0.15) is 0 Å². The van der Waals surface area contributed by atoms with Crippen LogP contribution in [0.3, 0.4) is 0 Å². The molecule has 0 aliphatic heterocycles. The summed E-state index contributed by atoms with van der Waals surface area (Å²) >= 11 is 0. The predicted octanol–water partition coefficient (Wildman–Crippen LogP) is 2.46. The van der Waals surface area contributed by atoms with Gasteiger partial charge in [-0.3, -0.25) is 4.98 Å². The van der Waals surface area contributed by atoms with E-state index in [-0.39, 0.29) is 6.10 Å². The van der Waals surface area contributed by atoms with Crippen LogP contribution in [-0.2, 0) is 6.42 Å². The van der Waals surface area contributed by atoms with E-state index in [0.717, 1.165) is 49.6 Å². The Morgan fingerprint density at radius 1 is 1.23 bits per heavy atom. The van der Waals surface area contributed by atoms with Crippen LogP contribution in [0.25, 0.3) is 0 Å². The highest BCUT2D eigenvalue weighted by Gasteiger charge is 2.30. The number of hydrogen-bond donors (Lipinski definition) is 2. The summed E-state index contributed by atoms with van der Waals surface area (Å²) in [6, 6.07) is 6.12. The highest BCUT2D eigenvalue weighted by atomic mass is 16.3. The van der Waals surface area contributed by atoms with Gasteiger partial charge in [0.1, 0.15) is 11.6 Å². The summed E-state index contributed by atoms with van der Waals surface area (Å²) in [6.45, 7) is 2.80. The normalized spacial score (nSPS) is 20.5. The lowest BCUT2D eigenvalue weighted by molar-refractivity contribution is 0.0731. The van der Waals surface area contributed by atoms with E-state index in [0.29, 0.717) is 5.92 Å². The topological polar surface area (TPSA) is 70.9 Å². The van der Waals surface area contributed by atoms with Gasteiger partial charge in [0.2, 0.25) is 0 Å². The molecule has 5 heteroatoms. The van der Waals surface area contributed by atoms with Crippen LogP contribution >= 0.6 is 0 Å². The van der Waals surface area contributed by atoms with Crippen LogP contribution in [0.15, 0.2) is 30.6 Å². The molecule has 116 valence electrons. The maximum Gasteiger partial charge on any atom is 0.129 e. The number of pyridine rings is 1. The van der Waals surface area contributed by atoms with E-state index in [1.165, 1.54) is 5.56 Å². The fourth-order valence-electron chi connectivity index (χ4n) is 2.78. The Bertz CT molecular complexity index is 611. The number of aliphatic hydroxyl groups is 1. The zero-order chi connectivity index (χ0) is 15.4. The molecule has 2 aromatic rings. The van der Waals surface area contributed by atoms with Crippen molar-refractivity contribution in [3.8, 4) is 0 Å². The monoisotopic (exact) mass is 298 g/mol. The number of anilines is 1. The summed E-state index contributed by atoms with van der Waals surface area (Å²) in [7, 11) is 0. The summed E-state index contributed by atoms with van der Waals surface area (Å²) in [5.74, 6) is 2.06. The Kier molecular flexibility index (Phi) is 4.63. The van der Waals surface area contributed by atoms with Crippen molar-refractivity contribution in [2.24, 2.45) is 0 Å². The molecule has 2 aromatic heterocycles. The van der Waals surface area contributed by atoms with Crippen LogP contribution < -0.4 is 5.32 Å². The highest BCUT2D eigenvalue weighted by Crippen LogP contribution is 2.36. The van der Waals surface area contributed by atoms with Gasteiger partial charge in [-0.15, -0.1) is 0 Å². The first kappa shape index (κ1) is 14.9. The van der Waals surface area contributed by atoms with Crippen molar-refractivity contribution in [3.05, 3.63) is 47.7 Å². The molecular formula is C17H22N4O. The molecule has 1 saturated carbocycles.